The van der Waals surface area contributed by atoms with Gasteiger partial charge in [-0.05, 0) is 30.7 Å². The minimum absolute atomic E-state index is 0.309. The van der Waals surface area contributed by atoms with E-state index in [0.717, 1.165) is 5.56 Å². The van der Waals surface area contributed by atoms with E-state index in [1.807, 2.05) is 13.0 Å². The smallest absolute Gasteiger partial charge is 0.133 e. The highest BCUT2D eigenvalue weighted by Gasteiger charge is 2.06. The van der Waals surface area contributed by atoms with Crippen LogP contribution < -0.4 is 4.74 Å². The SMILES string of the molecule is Cc1ccc(F)cc1Oc1ccc(C#N)c(Cl)c1. The summed E-state index contributed by atoms with van der Waals surface area (Å²) in [7, 11) is 0. The van der Waals surface area contributed by atoms with E-state index in [4.69, 9.17) is 21.6 Å². The van der Waals surface area contributed by atoms with Crippen molar-refractivity contribution in [2.24, 2.45) is 0 Å². The third kappa shape index (κ3) is 2.61. The Morgan fingerprint density at radius 1 is 1.22 bits per heavy atom. The van der Waals surface area contributed by atoms with E-state index in [-0.39, 0.29) is 5.82 Å². The Kier molecular flexibility index (Phi) is 3.50. The van der Waals surface area contributed by atoms with E-state index in [1.54, 1.807) is 18.2 Å². The molecule has 0 radical (unpaired) electrons. The summed E-state index contributed by atoms with van der Waals surface area (Å²) in [4.78, 5) is 0. The van der Waals surface area contributed by atoms with Gasteiger partial charge in [-0.1, -0.05) is 17.7 Å². The minimum atomic E-state index is -0.365. The summed E-state index contributed by atoms with van der Waals surface area (Å²) in [6.45, 7) is 1.82. The quantitative estimate of drug-likeness (QED) is 0.800. The van der Waals surface area contributed by atoms with E-state index in [1.165, 1.54) is 18.2 Å². The fraction of sp³-hybridized carbons (Fsp3) is 0.0714. The number of aryl methyl sites for hydroxylation is 1. The van der Waals surface area contributed by atoms with Gasteiger partial charge in [0, 0.05) is 12.1 Å². The van der Waals surface area contributed by atoms with Crippen molar-refractivity contribution in [3.63, 3.8) is 0 Å². The van der Waals surface area contributed by atoms with Gasteiger partial charge < -0.3 is 4.74 Å². The molecule has 0 saturated carbocycles. The van der Waals surface area contributed by atoms with Gasteiger partial charge in [0.1, 0.15) is 23.4 Å². The van der Waals surface area contributed by atoms with Crippen LogP contribution in [0.4, 0.5) is 4.39 Å². The Bertz CT molecular complexity index is 634. The molecule has 0 heterocycles. The van der Waals surface area contributed by atoms with E-state index < -0.39 is 0 Å². The van der Waals surface area contributed by atoms with Crippen LogP contribution in [-0.2, 0) is 0 Å². The number of nitrogens with zero attached hydrogens (tertiary/aromatic N) is 1. The highest BCUT2D eigenvalue weighted by atomic mass is 35.5. The standard InChI is InChI=1S/C14H9ClFNO/c1-9-2-4-11(16)6-14(9)18-12-5-3-10(8-17)13(15)7-12/h2-7H,1H3. The minimum Gasteiger partial charge on any atom is -0.457 e. The molecule has 0 aliphatic carbocycles. The Morgan fingerprint density at radius 2 is 2.00 bits per heavy atom. The second-order valence-electron chi connectivity index (χ2n) is 3.77. The van der Waals surface area contributed by atoms with Crippen molar-refractivity contribution in [3.8, 4) is 17.6 Å². The van der Waals surface area contributed by atoms with Crippen molar-refractivity contribution in [1.29, 1.82) is 5.26 Å². The molecule has 4 heteroatoms. The van der Waals surface area contributed by atoms with Crippen molar-refractivity contribution >= 4 is 11.6 Å². The predicted octanol–water partition coefficient (Wildman–Crippen LogP) is 4.45. The van der Waals surface area contributed by atoms with Crippen LogP contribution in [0.2, 0.25) is 5.02 Å². The third-order valence-corrected chi connectivity index (χ3v) is 2.75. The van der Waals surface area contributed by atoms with Crippen molar-refractivity contribution < 1.29 is 9.13 Å². The summed E-state index contributed by atoms with van der Waals surface area (Å²) >= 11 is 5.89. The van der Waals surface area contributed by atoms with Gasteiger partial charge in [-0.2, -0.15) is 5.26 Å². The number of benzene rings is 2. The molecule has 0 bridgehead atoms. The molecule has 0 fully saturated rings. The van der Waals surface area contributed by atoms with Crippen LogP contribution in [0, 0.1) is 24.1 Å². The highest BCUT2D eigenvalue weighted by molar-refractivity contribution is 6.31. The molecule has 0 saturated heterocycles. The van der Waals surface area contributed by atoms with Gasteiger partial charge in [0.25, 0.3) is 0 Å². The Morgan fingerprint density at radius 3 is 2.67 bits per heavy atom. The fourth-order valence-electron chi connectivity index (χ4n) is 1.46. The highest BCUT2D eigenvalue weighted by Crippen LogP contribution is 2.28. The number of rotatable bonds is 2. The number of halogens is 2. The lowest BCUT2D eigenvalue weighted by Crippen LogP contribution is -1.89. The molecule has 0 aliphatic rings. The molecule has 0 N–H and O–H groups in total. The molecule has 2 aromatic rings. The maximum atomic E-state index is 13.1. The van der Waals surface area contributed by atoms with Gasteiger partial charge in [0.2, 0.25) is 0 Å². The first-order valence-corrected chi connectivity index (χ1v) is 5.61. The first kappa shape index (κ1) is 12.4. The number of ether oxygens (including phenoxy) is 1. The van der Waals surface area contributed by atoms with Crippen LogP contribution in [-0.4, -0.2) is 0 Å². The maximum absolute atomic E-state index is 13.1. The monoisotopic (exact) mass is 261 g/mol. The predicted molar refractivity (Wildman–Crippen MR) is 67.4 cm³/mol. The maximum Gasteiger partial charge on any atom is 0.133 e. The van der Waals surface area contributed by atoms with E-state index in [2.05, 4.69) is 0 Å². The second-order valence-corrected chi connectivity index (χ2v) is 4.17. The molecular formula is C14H9ClFNO. The van der Waals surface area contributed by atoms with Gasteiger partial charge in [-0.3, -0.25) is 0 Å². The molecule has 2 aromatic carbocycles. The molecule has 18 heavy (non-hydrogen) atoms. The zero-order valence-electron chi connectivity index (χ0n) is 9.58. The van der Waals surface area contributed by atoms with Crippen LogP contribution in [0.25, 0.3) is 0 Å². The molecule has 0 atom stereocenters. The number of hydrogen-bond donors (Lipinski definition) is 0. The van der Waals surface area contributed by atoms with Crippen LogP contribution >= 0.6 is 11.6 Å². The van der Waals surface area contributed by atoms with Crippen LogP contribution in [0.15, 0.2) is 36.4 Å². The van der Waals surface area contributed by atoms with Crippen LogP contribution in [0.3, 0.4) is 0 Å². The third-order valence-electron chi connectivity index (χ3n) is 2.44. The van der Waals surface area contributed by atoms with Crippen molar-refractivity contribution in [1.82, 2.24) is 0 Å². The molecule has 0 amide bonds. The zero-order valence-corrected chi connectivity index (χ0v) is 10.3. The second kappa shape index (κ2) is 5.07. The van der Waals surface area contributed by atoms with Gasteiger partial charge in [-0.25, -0.2) is 4.39 Å². The van der Waals surface area contributed by atoms with E-state index in [9.17, 15) is 4.39 Å². The Hall–Kier alpha value is -2.05. The fourth-order valence-corrected chi connectivity index (χ4v) is 1.67. The van der Waals surface area contributed by atoms with E-state index in [0.29, 0.717) is 22.1 Å². The van der Waals surface area contributed by atoms with Gasteiger partial charge in [-0.15, -0.1) is 0 Å². The van der Waals surface area contributed by atoms with Crippen LogP contribution in [0.1, 0.15) is 11.1 Å². The molecule has 0 aliphatic heterocycles. The molecule has 2 rings (SSSR count). The lowest BCUT2D eigenvalue weighted by atomic mass is 10.2. The Balaban J connectivity index is 2.32. The summed E-state index contributed by atoms with van der Waals surface area (Å²) in [6, 6.07) is 11.0. The topological polar surface area (TPSA) is 33.0 Å². The zero-order chi connectivity index (χ0) is 13.1. The largest absolute Gasteiger partial charge is 0.457 e. The molecule has 0 unspecified atom stereocenters. The lowest BCUT2D eigenvalue weighted by Gasteiger charge is -2.09. The molecule has 90 valence electrons. The summed E-state index contributed by atoms with van der Waals surface area (Å²) in [5.41, 5.74) is 1.19. The van der Waals surface area contributed by atoms with Gasteiger partial charge in [0.05, 0.1) is 10.6 Å². The molecule has 0 aromatic heterocycles. The summed E-state index contributed by atoms with van der Waals surface area (Å²) < 4.78 is 18.6. The van der Waals surface area contributed by atoms with Gasteiger partial charge in [0.15, 0.2) is 0 Å². The molecule has 2 nitrogen and oxygen atoms in total. The summed E-state index contributed by atoms with van der Waals surface area (Å²) in [5, 5.41) is 9.06. The van der Waals surface area contributed by atoms with Crippen molar-refractivity contribution in [3.05, 3.63) is 58.4 Å². The first-order chi connectivity index (χ1) is 8.60. The number of hydrogen-bond acceptors (Lipinski definition) is 2. The van der Waals surface area contributed by atoms with Gasteiger partial charge >= 0.3 is 0 Å². The van der Waals surface area contributed by atoms with Crippen molar-refractivity contribution in [2.75, 3.05) is 0 Å². The Labute approximate surface area is 109 Å². The molecular weight excluding hydrogens is 253 g/mol. The van der Waals surface area contributed by atoms with E-state index >= 15 is 0 Å². The first-order valence-electron chi connectivity index (χ1n) is 5.24. The average molecular weight is 262 g/mol. The van der Waals surface area contributed by atoms with Crippen LogP contribution in [0.5, 0.6) is 11.5 Å². The summed E-state index contributed by atoms with van der Waals surface area (Å²) in [6.07, 6.45) is 0. The molecule has 0 spiro atoms. The number of nitriles is 1. The lowest BCUT2D eigenvalue weighted by molar-refractivity contribution is 0.473. The van der Waals surface area contributed by atoms with Crippen molar-refractivity contribution in [2.45, 2.75) is 6.92 Å². The summed E-state index contributed by atoms with van der Waals surface area (Å²) in [5.74, 6) is 0.527. The normalized spacial score (nSPS) is 9.89. The average Bonchev–Trinajstić information content (AvgIpc) is 2.34.